The fraction of sp³-hybridized carbons (Fsp3) is 0.889. The van der Waals surface area contributed by atoms with Crippen LogP contribution in [0.5, 0.6) is 0 Å². The van der Waals surface area contributed by atoms with Gasteiger partial charge in [0, 0.05) is 17.5 Å². The predicted molar refractivity (Wildman–Crippen MR) is 53.7 cm³/mol. The van der Waals surface area contributed by atoms with E-state index in [9.17, 15) is 4.79 Å². The first kappa shape index (κ1) is 10.8. The van der Waals surface area contributed by atoms with Crippen LogP contribution in [0.4, 0.5) is 0 Å². The van der Waals surface area contributed by atoms with Crippen LogP contribution in [0.25, 0.3) is 0 Å². The second-order valence-electron chi connectivity index (χ2n) is 4.39. The van der Waals surface area contributed by atoms with E-state index in [4.69, 9.17) is 5.73 Å². The van der Waals surface area contributed by atoms with E-state index in [-0.39, 0.29) is 35.8 Å². The normalized spacial score (nSPS) is 34.0. The minimum Gasteiger partial charge on any atom is -0.351 e. The monoisotopic (exact) mass is 204 g/mol. The predicted octanol–water partition coefficient (Wildman–Crippen LogP) is 0.814. The number of amides is 1. The van der Waals surface area contributed by atoms with E-state index in [0.717, 1.165) is 19.3 Å². The van der Waals surface area contributed by atoms with E-state index in [0.29, 0.717) is 0 Å². The Bertz CT molecular complexity index is 216. The molecule has 2 rings (SSSR count). The summed E-state index contributed by atoms with van der Waals surface area (Å²) in [7, 11) is 0. The molecular weight excluding hydrogens is 188 g/mol. The van der Waals surface area contributed by atoms with Crippen molar-refractivity contribution in [2.45, 2.75) is 44.7 Å². The molecule has 0 heterocycles. The molecule has 0 radical (unpaired) electrons. The summed E-state index contributed by atoms with van der Waals surface area (Å²) in [6.45, 7) is 2.04. The standard InChI is InChI=1S/C9H16N2O.ClH/c1-9(3-2-4-9)8(12)11-7-5-6(7)10;/h6-7H,2-5,10H2,1H3,(H,11,12);1H. The first-order valence-electron chi connectivity index (χ1n) is 4.68. The van der Waals surface area contributed by atoms with Gasteiger partial charge in [-0.2, -0.15) is 0 Å². The maximum Gasteiger partial charge on any atom is 0.226 e. The molecular formula is C9H17ClN2O. The number of carbonyl (C=O) groups is 1. The molecule has 0 bridgehead atoms. The highest BCUT2D eigenvalue weighted by atomic mass is 35.5. The van der Waals surface area contributed by atoms with Crippen molar-refractivity contribution in [2.75, 3.05) is 0 Å². The molecule has 0 aromatic rings. The molecule has 3 N–H and O–H groups in total. The molecule has 13 heavy (non-hydrogen) atoms. The van der Waals surface area contributed by atoms with Gasteiger partial charge < -0.3 is 11.1 Å². The summed E-state index contributed by atoms with van der Waals surface area (Å²) in [6, 6.07) is 0.493. The van der Waals surface area contributed by atoms with Gasteiger partial charge in [0.25, 0.3) is 0 Å². The number of nitrogens with one attached hydrogen (secondary N) is 1. The van der Waals surface area contributed by atoms with E-state index < -0.39 is 0 Å². The van der Waals surface area contributed by atoms with Crippen molar-refractivity contribution in [3.63, 3.8) is 0 Å². The van der Waals surface area contributed by atoms with Gasteiger partial charge in [-0.1, -0.05) is 13.3 Å². The third-order valence-electron chi connectivity index (χ3n) is 3.16. The first-order chi connectivity index (χ1) is 5.62. The molecule has 2 fully saturated rings. The van der Waals surface area contributed by atoms with E-state index in [1.54, 1.807) is 0 Å². The maximum atomic E-state index is 11.6. The van der Waals surface area contributed by atoms with Crippen LogP contribution in [0.2, 0.25) is 0 Å². The summed E-state index contributed by atoms with van der Waals surface area (Å²) in [5.74, 6) is 0.215. The van der Waals surface area contributed by atoms with Gasteiger partial charge in [0.15, 0.2) is 0 Å². The van der Waals surface area contributed by atoms with Gasteiger partial charge in [-0.15, -0.1) is 12.4 Å². The van der Waals surface area contributed by atoms with E-state index >= 15 is 0 Å². The van der Waals surface area contributed by atoms with Gasteiger partial charge in [0.05, 0.1) is 0 Å². The highest BCUT2D eigenvalue weighted by Crippen LogP contribution is 2.40. The molecule has 0 saturated heterocycles. The number of rotatable bonds is 2. The van der Waals surface area contributed by atoms with Crippen molar-refractivity contribution in [2.24, 2.45) is 11.1 Å². The second kappa shape index (κ2) is 3.46. The van der Waals surface area contributed by atoms with Crippen LogP contribution < -0.4 is 11.1 Å². The summed E-state index contributed by atoms with van der Waals surface area (Å²) in [5.41, 5.74) is 5.54. The quantitative estimate of drug-likeness (QED) is 0.700. The molecule has 2 unspecified atom stereocenters. The second-order valence-corrected chi connectivity index (χ2v) is 4.39. The minimum atomic E-state index is -0.0672. The van der Waals surface area contributed by atoms with Gasteiger partial charge >= 0.3 is 0 Å². The zero-order valence-corrected chi connectivity index (χ0v) is 8.69. The summed E-state index contributed by atoms with van der Waals surface area (Å²) < 4.78 is 0. The molecule has 0 spiro atoms. The number of carbonyl (C=O) groups excluding carboxylic acids is 1. The van der Waals surface area contributed by atoms with Gasteiger partial charge in [0.2, 0.25) is 5.91 Å². The van der Waals surface area contributed by atoms with Crippen LogP contribution in [0.3, 0.4) is 0 Å². The number of hydrogen-bond acceptors (Lipinski definition) is 2. The Kier molecular flexibility index (Phi) is 2.88. The van der Waals surface area contributed by atoms with Gasteiger partial charge in [-0.05, 0) is 19.3 Å². The Balaban J connectivity index is 0.000000845. The minimum absolute atomic E-state index is 0. The largest absolute Gasteiger partial charge is 0.351 e. The molecule has 2 aliphatic rings. The Hall–Kier alpha value is -0.280. The fourth-order valence-corrected chi connectivity index (χ4v) is 1.66. The number of hydrogen-bond donors (Lipinski definition) is 2. The molecule has 4 heteroatoms. The molecule has 0 aromatic carbocycles. The smallest absolute Gasteiger partial charge is 0.226 e. The van der Waals surface area contributed by atoms with Crippen LogP contribution in [0.1, 0.15) is 32.6 Å². The van der Waals surface area contributed by atoms with E-state index in [1.807, 2.05) is 6.92 Å². The van der Waals surface area contributed by atoms with Crippen molar-refractivity contribution >= 4 is 18.3 Å². The van der Waals surface area contributed by atoms with Crippen molar-refractivity contribution in [1.29, 1.82) is 0 Å². The Morgan fingerprint density at radius 3 is 2.38 bits per heavy atom. The summed E-state index contributed by atoms with van der Waals surface area (Å²) in [5, 5.41) is 2.98. The molecule has 2 saturated carbocycles. The lowest BCUT2D eigenvalue weighted by atomic mass is 9.70. The van der Waals surface area contributed by atoms with E-state index in [2.05, 4.69) is 5.32 Å². The lowest BCUT2D eigenvalue weighted by molar-refractivity contribution is -0.134. The topological polar surface area (TPSA) is 55.1 Å². The van der Waals surface area contributed by atoms with E-state index in [1.165, 1.54) is 6.42 Å². The zero-order valence-electron chi connectivity index (χ0n) is 7.88. The van der Waals surface area contributed by atoms with Crippen molar-refractivity contribution < 1.29 is 4.79 Å². The Labute approximate surface area is 84.9 Å². The highest BCUT2D eigenvalue weighted by molar-refractivity contribution is 5.85. The zero-order chi connectivity index (χ0) is 8.77. The SMILES string of the molecule is CC1(C(=O)NC2CC2N)CCC1.Cl. The summed E-state index contributed by atoms with van der Waals surface area (Å²) in [4.78, 5) is 11.6. The average Bonchev–Trinajstić information content (AvgIpc) is 2.61. The maximum absolute atomic E-state index is 11.6. The molecule has 0 aliphatic heterocycles. The summed E-state index contributed by atoms with van der Waals surface area (Å²) in [6.07, 6.45) is 4.24. The van der Waals surface area contributed by atoms with Gasteiger partial charge in [-0.25, -0.2) is 0 Å². The molecule has 76 valence electrons. The van der Waals surface area contributed by atoms with Crippen molar-refractivity contribution in [3.8, 4) is 0 Å². The molecule has 2 atom stereocenters. The number of halogens is 1. The molecule has 3 nitrogen and oxygen atoms in total. The van der Waals surface area contributed by atoms with Crippen molar-refractivity contribution in [1.82, 2.24) is 5.32 Å². The average molecular weight is 205 g/mol. The third-order valence-corrected chi connectivity index (χ3v) is 3.16. The highest BCUT2D eigenvalue weighted by Gasteiger charge is 2.43. The van der Waals surface area contributed by atoms with Crippen molar-refractivity contribution in [3.05, 3.63) is 0 Å². The third kappa shape index (κ3) is 1.97. The van der Waals surface area contributed by atoms with Gasteiger partial charge in [-0.3, -0.25) is 4.79 Å². The van der Waals surface area contributed by atoms with Crippen LogP contribution in [-0.4, -0.2) is 18.0 Å². The first-order valence-corrected chi connectivity index (χ1v) is 4.68. The lowest BCUT2D eigenvalue weighted by Gasteiger charge is -2.36. The molecule has 2 aliphatic carbocycles. The molecule has 1 amide bonds. The van der Waals surface area contributed by atoms with Gasteiger partial charge in [0.1, 0.15) is 0 Å². The molecule has 0 aromatic heterocycles. The Morgan fingerprint density at radius 1 is 1.54 bits per heavy atom. The Morgan fingerprint density at radius 2 is 2.08 bits per heavy atom. The summed E-state index contributed by atoms with van der Waals surface area (Å²) >= 11 is 0. The van der Waals surface area contributed by atoms with Crippen LogP contribution in [-0.2, 0) is 4.79 Å². The van der Waals surface area contributed by atoms with Crippen LogP contribution in [0.15, 0.2) is 0 Å². The van der Waals surface area contributed by atoms with Crippen LogP contribution >= 0.6 is 12.4 Å². The fourth-order valence-electron chi connectivity index (χ4n) is 1.66. The lowest BCUT2D eigenvalue weighted by Crippen LogP contribution is -2.45. The number of nitrogens with two attached hydrogens (primary N) is 1. The van der Waals surface area contributed by atoms with Crippen LogP contribution in [0, 0.1) is 5.41 Å².